The number of furan rings is 1. The number of carbonyl (C=O) groups is 1. The summed E-state index contributed by atoms with van der Waals surface area (Å²) >= 11 is 5.91. The fraction of sp³-hybridized carbons (Fsp3) is 0.125. The average Bonchev–Trinajstić information content (AvgIpc) is 2.91. The van der Waals surface area contributed by atoms with Gasteiger partial charge in [-0.1, -0.05) is 17.7 Å². The molecule has 0 radical (unpaired) electrons. The number of hydrogen-bond acceptors (Lipinski definition) is 3. The molecule has 0 unspecified atom stereocenters. The second-order valence-corrected chi connectivity index (χ2v) is 5.06. The molecule has 3 rings (SSSR count). The van der Waals surface area contributed by atoms with Crippen molar-refractivity contribution in [1.29, 1.82) is 0 Å². The van der Waals surface area contributed by atoms with Crippen LogP contribution in [0.4, 0.5) is 0 Å². The van der Waals surface area contributed by atoms with Crippen LogP contribution in [0.25, 0.3) is 11.0 Å². The van der Waals surface area contributed by atoms with Gasteiger partial charge < -0.3 is 9.73 Å². The molecule has 106 valence electrons. The van der Waals surface area contributed by atoms with Crippen LogP contribution in [-0.2, 0) is 6.42 Å². The Morgan fingerprint density at radius 1 is 1.24 bits per heavy atom. The van der Waals surface area contributed by atoms with E-state index < -0.39 is 0 Å². The Balaban J connectivity index is 1.64. The largest absolute Gasteiger partial charge is 0.451 e. The van der Waals surface area contributed by atoms with E-state index in [1.807, 2.05) is 18.2 Å². The average molecular weight is 301 g/mol. The molecule has 0 aliphatic carbocycles. The van der Waals surface area contributed by atoms with Gasteiger partial charge in [-0.05, 0) is 36.4 Å². The summed E-state index contributed by atoms with van der Waals surface area (Å²) in [5.41, 5.74) is 1.59. The Hall–Kier alpha value is -2.33. The minimum atomic E-state index is -0.238. The number of hydrogen-bond donors (Lipinski definition) is 1. The van der Waals surface area contributed by atoms with Crippen molar-refractivity contribution in [2.75, 3.05) is 6.54 Å². The van der Waals surface area contributed by atoms with E-state index in [0.29, 0.717) is 23.6 Å². The molecule has 3 aromatic rings. The summed E-state index contributed by atoms with van der Waals surface area (Å²) in [5, 5.41) is 4.25. The molecular formula is C16H13ClN2O2. The highest BCUT2D eigenvalue weighted by molar-refractivity contribution is 6.31. The molecule has 0 saturated carbocycles. The molecule has 0 bridgehead atoms. The van der Waals surface area contributed by atoms with Gasteiger partial charge >= 0.3 is 0 Å². The predicted molar refractivity (Wildman–Crippen MR) is 81.5 cm³/mol. The van der Waals surface area contributed by atoms with Gasteiger partial charge in [0.05, 0.1) is 0 Å². The highest BCUT2D eigenvalue weighted by Crippen LogP contribution is 2.22. The van der Waals surface area contributed by atoms with Gasteiger partial charge in [-0.25, -0.2) is 0 Å². The van der Waals surface area contributed by atoms with Crippen molar-refractivity contribution in [3.8, 4) is 0 Å². The van der Waals surface area contributed by atoms with Gasteiger partial charge in [0.15, 0.2) is 5.76 Å². The molecule has 0 spiro atoms. The second-order valence-electron chi connectivity index (χ2n) is 4.62. The van der Waals surface area contributed by atoms with Gasteiger partial charge in [0, 0.05) is 35.3 Å². The molecule has 1 N–H and O–H groups in total. The maximum atomic E-state index is 12.0. The first-order chi connectivity index (χ1) is 10.2. The highest BCUT2D eigenvalue weighted by atomic mass is 35.5. The minimum Gasteiger partial charge on any atom is -0.451 e. The fourth-order valence-corrected chi connectivity index (χ4v) is 2.24. The molecule has 2 aromatic heterocycles. The van der Waals surface area contributed by atoms with E-state index in [2.05, 4.69) is 10.3 Å². The Morgan fingerprint density at radius 3 is 2.95 bits per heavy atom. The number of nitrogens with zero attached hydrogens (tertiary/aromatic N) is 1. The van der Waals surface area contributed by atoms with E-state index in [1.54, 1.807) is 30.5 Å². The van der Waals surface area contributed by atoms with Crippen molar-refractivity contribution in [1.82, 2.24) is 10.3 Å². The number of pyridine rings is 1. The van der Waals surface area contributed by atoms with Gasteiger partial charge in [0.1, 0.15) is 5.58 Å². The molecule has 1 amide bonds. The van der Waals surface area contributed by atoms with E-state index in [0.717, 1.165) is 11.1 Å². The number of halogens is 1. The molecule has 0 atom stereocenters. The zero-order valence-corrected chi connectivity index (χ0v) is 11.9. The Kier molecular flexibility index (Phi) is 3.88. The van der Waals surface area contributed by atoms with Gasteiger partial charge in [-0.15, -0.1) is 0 Å². The lowest BCUT2D eigenvalue weighted by atomic mass is 10.2. The summed E-state index contributed by atoms with van der Waals surface area (Å²) in [5.74, 6) is 0.0477. The van der Waals surface area contributed by atoms with Gasteiger partial charge in [0.2, 0.25) is 0 Å². The second kappa shape index (κ2) is 5.97. The summed E-state index contributed by atoms with van der Waals surface area (Å²) in [4.78, 5) is 16.2. The maximum absolute atomic E-state index is 12.0. The van der Waals surface area contributed by atoms with Gasteiger partial charge in [0.25, 0.3) is 5.91 Å². The van der Waals surface area contributed by atoms with Crippen molar-refractivity contribution in [2.24, 2.45) is 0 Å². The lowest BCUT2D eigenvalue weighted by Gasteiger charge is -2.02. The molecule has 4 nitrogen and oxygen atoms in total. The van der Waals surface area contributed by atoms with Crippen LogP contribution in [-0.4, -0.2) is 17.4 Å². The predicted octanol–water partition coefficient (Wildman–Crippen LogP) is 3.45. The van der Waals surface area contributed by atoms with E-state index in [-0.39, 0.29) is 11.7 Å². The van der Waals surface area contributed by atoms with Crippen molar-refractivity contribution >= 4 is 28.5 Å². The van der Waals surface area contributed by atoms with Crippen LogP contribution in [0.2, 0.25) is 5.02 Å². The SMILES string of the molecule is O=C(NCCc1ccccn1)c1cc2cc(Cl)ccc2o1. The van der Waals surface area contributed by atoms with Gasteiger partial charge in [-0.3, -0.25) is 9.78 Å². The minimum absolute atomic E-state index is 0.238. The number of fused-ring (bicyclic) bond motifs is 1. The lowest BCUT2D eigenvalue weighted by molar-refractivity contribution is 0.0928. The maximum Gasteiger partial charge on any atom is 0.287 e. The van der Waals surface area contributed by atoms with Crippen molar-refractivity contribution in [2.45, 2.75) is 6.42 Å². The summed E-state index contributed by atoms with van der Waals surface area (Å²) in [6.07, 6.45) is 2.42. The zero-order chi connectivity index (χ0) is 14.7. The molecule has 21 heavy (non-hydrogen) atoms. The third kappa shape index (κ3) is 3.23. The van der Waals surface area contributed by atoms with E-state index in [9.17, 15) is 4.79 Å². The molecular weight excluding hydrogens is 288 g/mol. The fourth-order valence-electron chi connectivity index (χ4n) is 2.06. The number of amides is 1. The van der Waals surface area contributed by atoms with Crippen molar-refractivity contribution in [3.05, 3.63) is 65.1 Å². The molecule has 0 saturated heterocycles. The first-order valence-corrected chi connectivity index (χ1v) is 6.97. The smallest absolute Gasteiger partial charge is 0.287 e. The molecule has 0 fully saturated rings. The number of aromatic nitrogens is 1. The van der Waals surface area contributed by atoms with Crippen LogP contribution in [0.1, 0.15) is 16.2 Å². The molecule has 1 aromatic carbocycles. The first-order valence-electron chi connectivity index (χ1n) is 6.59. The quantitative estimate of drug-likeness (QED) is 0.803. The normalized spacial score (nSPS) is 10.7. The van der Waals surface area contributed by atoms with Crippen molar-refractivity contribution in [3.63, 3.8) is 0 Å². The number of carbonyl (C=O) groups excluding carboxylic acids is 1. The van der Waals surface area contributed by atoms with Crippen LogP contribution in [0.5, 0.6) is 0 Å². The molecule has 5 heteroatoms. The van der Waals surface area contributed by atoms with Crippen molar-refractivity contribution < 1.29 is 9.21 Å². The summed E-state index contributed by atoms with van der Waals surface area (Å²) in [6, 6.07) is 12.7. The Labute approximate surface area is 126 Å². The zero-order valence-electron chi connectivity index (χ0n) is 11.2. The van der Waals surface area contributed by atoms with Crippen LogP contribution in [0, 0.1) is 0 Å². The topological polar surface area (TPSA) is 55.1 Å². The van der Waals surface area contributed by atoms with Crippen LogP contribution in [0.15, 0.2) is 53.1 Å². The number of benzene rings is 1. The lowest BCUT2D eigenvalue weighted by Crippen LogP contribution is -2.25. The Bertz CT molecular complexity index is 768. The van der Waals surface area contributed by atoms with E-state index >= 15 is 0 Å². The third-order valence-electron chi connectivity index (χ3n) is 3.09. The third-order valence-corrected chi connectivity index (χ3v) is 3.33. The Morgan fingerprint density at radius 2 is 2.14 bits per heavy atom. The number of nitrogens with one attached hydrogen (secondary N) is 1. The van der Waals surface area contributed by atoms with Crippen LogP contribution < -0.4 is 5.32 Å². The van der Waals surface area contributed by atoms with Gasteiger partial charge in [-0.2, -0.15) is 0 Å². The molecule has 2 heterocycles. The van der Waals surface area contributed by atoms with E-state index in [4.69, 9.17) is 16.0 Å². The monoisotopic (exact) mass is 300 g/mol. The summed E-state index contributed by atoms with van der Waals surface area (Å²) in [7, 11) is 0. The summed E-state index contributed by atoms with van der Waals surface area (Å²) < 4.78 is 5.50. The molecule has 0 aliphatic heterocycles. The first kappa shape index (κ1) is 13.6. The van der Waals surface area contributed by atoms with Crippen LogP contribution >= 0.6 is 11.6 Å². The van der Waals surface area contributed by atoms with E-state index in [1.165, 1.54) is 0 Å². The summed E-state index contributed by atoms with van der Waals surface area (Å²) in [6.45, 7) is 0.508. The highest BCUT2D eigenvalue weighted by Gasteiger charge is 2.12. The van der Waals surface area contributed by atoms with Crippen LogP contribution in [0.3, 0.4) is 0 Å². The standard InChI is InChI=1S/C16H13ClN2O2/c17-12-4-5-14-11(9-12)10-15(21-14)16(20)19-8-6-13-3-1-2-7-18-13/h1-5,7,9-10H,6,8H2,(H,19,20). The number of rotatable bonds is 4. The molecule has 0 aliphatic rings.